The van der Waals surface area contributed by atoms with Crippen LogP contribution in [-0.2, 0) is 4.79 Å². The molecular formula is C19H21NO4. The van der Waals surface area contributed by atoms with Crippen LogP contribution in [0, 0.1) is 0 Å². The van der Waals surface area contributed by atoms with Gasteiger partial charge in [-0.05, 0) is 24.3 Å². The van der Waals surface area contributed by atoms with Gasteiger partial charge in [-0.25, -0.2) is 0 Å². The molecule has 2 rings (SSSR count). The van der Waals surface area contributed by atoms with E-state index in [4.69, 9.17) is 14.2 Å². The number of rotatable bonds is 8. The van der Waals surface area contributed by atoms with Gasteiger partial charge in [0, 0.05) is 17.7 Å². The molecule has 2 aromatic carbocycles. The standard InChI is InChI=1S/C19H21NO4/c1-22-16-7-5-8-17(14-16)24-13-12-20-19(21)11-10-15-6-3-4-9-18(15)23-2/h3-11,14H,12-13H2,1-2H3,(H,20,21)/b11-10+. The molecule has 24 heavy (non-hydrogen) atoms. The number of benzene rings is 2. The molecule has 0 atom stereocenters. The first-order valence-corrected chi connectivity index (χ1v) is 7.58. The first-order valence-electron chi connectivity index (χ1n) is 7.58. The topological polar surface area (TPSA) is 56.8 Å². The van der Waals surface area contributed by atoms with E-state index in [1.807, 2.05) is 42.5 Å². The van der Waals surface area contributed by atoms with Gasteiger partial charge in [0.05, 0.1) is 20.8 Å². The average Bonchev–Trinajstić information content (AvgIpc) is 2.64. The van der Waals surface area contributed by atoms with Crippen LogP contribution >= 0.6 is 0 Å². The number of methoxy groups -OCH3 is 2. The maximum absolute atomic E-state index is 11.8. The first-order chi connectivity index (χ1) is 11.7. The Morgan fingerprint density at radius 2 is 1.83 bits per heavy atom. The lowest BCUT2D eigenvalue weighted by atomic mass is 10.2. The Balaban J connectivity index is 1.76. The van der Waals surface area contributed by atoms with Gasteiger partial charge in [-0.3, -0.25) is 4.79 Å². The highest BCUT2D eigenvalue weighted by molar-refractivity contribution is 5.92. The quantitative estimate of drug-likeness (QED) is 0.598. The SMILES string of the molecule is COc1cccc(OCCNC(=O)/C=C/c2ccccc2OC)c1. The zero-order valence-corrected chi connectivity index (χ0v) is 13.8. The molecule has 0 aliphatic heterocycles. The highest BCUT2D eigenvalue weighted by atomic mass is 16.5. The van der Waals surface area contributed by atoms with Crippen LogP contribution in [0.5, 0.6) is 17.2 Å². The molecule has 5 nitrogen and oxygen atoms in total. The van der Waals surface area contributed by atoms with Crippen molar-refractivity contribution in [2.24, 2.45) is 0 Å². The molecule has 2 aromatic rings. The van der Waals surface area contributed by atoms with Crippen molar-refractivity contribution >= 4 is 12.0 Å². The minimum atomic E-state index is -0.185. The summed E-state index contributed by atoms with van der Waals surface area (Å²) in [5.41, 5.74) is 0.850. The highest BCUT2D eigenvalue weighted by Gasteiger charge is 2.00. The fourth-order valence-corrected chi connectivity index (χ4v) is 2.06. The summed E-state index contributed by atoms with van der Waals surface area (Å²) < 4.78 is 15.9. The van der Waals surface area contributed by atoms with Crippen LogP contribution in [0.2, 0.25) is 0 Å². The average molecular weight is 327 g/mol. The number of carbonyl (C=O) groups is 1. The fourth-order valence-electron chi connectivity index (χ4n) is 2.06. The Kier molecular flexibility index (Phi) is 6.71. The van der Waals surface area contributed by atoms with Crippen molar-refractivity contribution in [2.75, 3.05) is 27.4 Å². The minimum Gasteiger partial charge on any atom is -0.497 e. The number of amides is 1. The summed E-state index contributed by atoms with van der Waals surface area (Å²) in [4.78, 5) is 11.8. The van der Waals surface area contributed by atoms with Crippen molar-refractivity contribution in [1.29, 1.82) is 0 Å². The number of hydrogen-bond donors (Lipinski definition) is 1. The van der Waals surface area contributed by atoms with Crippen molar-refractivity contribution in [3.63, 3.8) is 0 Å². The van der Waals surface area contributed by atoms with E-state index >= 15 is 0 Å². The molecule has 1 N–H and O–H groups in total. The van der Waals surface area contributed by atoms with E-state index < -0.39 is 0 Å². The molecule has 0 heterocycles. The van der Waals surface area contributed by atoms with Gasteiger partial charge < -0.3 is 19.5 Å². The Labute approximate surface area is 141 Å². The van der Waals surface area contributed by atoms with Crippen LogP contribution in [0.15, 0.2) is 54.6 Å². The summed E-state index contributed by atoms with van der Waals surface area (Å²) in [5.74, 6) is 1.97. The maximum atomic E-state index is 11.8. The molecular weight excluding hydrogens is 306 g/mol. The lowest BCUT2D eigenvalue weighted by Gasteiger charge is -2.08. The van der Waals surface area contributed by atoms with Gasteiger partial charge in [-0.1, -0.05) is 24.3 Å². The maximum Gasteiger partial charge on any atom is 0.244 e. The monoisotopic (exact) mass is 327 g/mol. The van der Waals surface area contributed by atoms with Gasteiger partial charge in [0.25, 0.3) is 0 Å². The summed E-state index contributed by atoms with van der Waals surface area (Å²) >= 11 is 0. The summed E-state index contributed by atoms with van der Waals surface area (Å²) in [7, 11) is 3.20. The Morgan fingerprint density at radius 3 is 2.62 bits per heavy atom. The summed E-state index contributed by atoms with van der Waals surface area (Å²) in [6, 6.07) is 14.8. The van der Waals surface area contributed by atoms with E-state index in [0.717, 1.165) is 17.1 Å². The number of nitrogens with one attached hydrogen (secondary N) is 1. The van der Waals surface area contributed by atoms with Gasteiger partial charge in [0.2, 0.25) is 5.91 Å². The molecule has 0 spiro atoms. The van der Waals surface area contributed by atoms with Crippen LogP contribution < -0.4 is 19.5 Å². The van der Waals surface area contributed by atoms with Gasteiger partial charge in [-0.2, -0.15) is 0 Å². The predicted octanol–water partition coefficient (Wildman–Crippen LogP) is 2.91. The summed E-state index contributed by atoms with van der Waals surface area (Å²) in [6.45, 7) is 0.785. The molecule has 0 bridgehead atoms. The zero-order valence-electron chi connectivity index (χ0n) is 13.8. The van der Waals surface area contributed by atoms with E-state index in [1.54, 1.807) is 26.4 Å². The number of para-hydroxylation sites is 1. The van der Waals surface area contributed by atoms with E-state index in [-0.39, 0.29) is 5.91 Å². The first kappa shape index (κ1) is 17.4. The fraction of sp³-hybridized carbons (Fsp3) is 0.211. The van der Waals surface area contributed by atoms with Crippen LogP contribution in [0.3, 0.4) is 0 Å². The molecule has 126 valence electrons. The van der Waals surface area contributed by atoms with Crippen molar-refractivity contribution in [1.82, 2.24) is 5.32 Å². The van der Waals surface area contributed by atoms with Crippen LogP contribution in [-0.4, -0.2) is 33.3 Å². The van der Waals surface area contributed by atoms with Gasteiger partial charge in [0.15, 0.2) is 0 Å². The number of carbonyl (C=O) groups excluding carboxylic acids is 1. The van der Waals surface area contributed by atoms with E-state index in [2.05, 4.69) is 5.32 Å². The summed E-state index contributed by atoms with van der Waals surface area (Å²) in [6.07, 6.45) is 3.19. The lowest BCUT2D eigenvalue weighted by molar-refractivity contribution is -0.116. The molecule has 5 heteroatoms. The molecule has 0 aromatic heterocycles. The molecule has 0 aliphatic rings. The van der Waals surface area contributed by atoms with Crippen molar-refractivity contribution in [3.05, 3.63) is 60.2 Å². The third-order valence-corrected chi connectivity index (χ3v) is 3.26. The van der Waals surface area contributed by atoms with Gasteiger partial charge in [-0.15, -0.1) is 0 Å². The Bertz CT molecular complexity index is 697. The number of ether oxygens (including phenoxy) is 3. The van der Waals surface area contributed by atoms with E-state index in [1.165, 1.54) is 6.08 Å². The van der Waals surface area contributed by atoms with Crippen LogP contribution in [0.1, 0.15) is 5.56 Å². The smallest absolute Gasteiger partial charge is 0.244 e. The molecule has 0 radical (unpaired) electrons. The van der Waals surface area contributed by atoms with Crippen molar-refractivity contribution in [2.45, 2.75) is 0 Å². The zero-order chi connectivity index (χ0) is 17.2. The number of hydrogen-bond acceptors (Lipinski definition) is 4. The highest BCUT2D eigenvalue weighted by Crippen LogP contribution is 2.19. The normalized spacial score (nSPS) is 10.4. The third kappa shape index (κ3) is 5.35. The molecule has 0 fully saturated rings. The van der Waals surface area contributed by atoms with Crippen LogP contribution in [0.25, 0.3) is 6.08 Å². The Morgan fingerprint density at radius 1 is 1.04 bits per heavy atom. The van der Waals surface area contributed by atoms with Crippen molar-refractivity contribution < 1.29 is 19.0 Å². The summed E-state index contributed by atoms with van der Waals surface area (Å²) in [5, 5.41) is 2.77. The molecule has 1 amide bonds. The molecule has 0 saturated carbocycles. The van der Waals surface area contributed by atoms with Crippen molar-refractivity contribution in [3.8, 4) is 17.2 Å². The predicted molar refractivity (Wildman–Crippen MR) is 93.5 cm³/mol. The van der Waals surface area contributed by atoms with Gasteiger partial charge >= 0.3 is 0 Å². The molecule has 0 aliphatic carbocycles. The largest absolute Gasteiger partial charge is 0.497 e. The second kappa shape index (κ2) is 9.25. The second-order valence-corrected chi connectivity index (χ2v) is 4.89. The van der Waals surface area contributed by atoms with E-state index in [0.29, 0.717) is 18.9 Å². The lowest BCUT2D eigenvalue weighted by Crippen LogP contribution is -2.26. The Hall–Kier alpha value is -2.95. The molecule has 0 unspecified atom stereocenters. The van der Waals surface area contributed by atoms with Gasteiger partial charge in [0.1, 0.15) is 23.9 Å². The minimum absolute atomic E-state index is 0.185. The second-order valence-electron chi connectivity index (χ2n) is 4.89. The van der Waals surface area contributed by atoms with E-state index in [9.17, 15) is 4.79 Å². The van der Waals surface area contributed by atoms with Crippen LogP contribution in [0.4, 0.5) is 0 Å². The third-order valence-electron chi connectivity index (χ3n) is 3.26. The molecule has 0 saturated heterocycles.